The van der Waals surface area contributed by atoms with Crippen LogP contribution in [0.1, 0.15) is 11.7 Å². The third kappa shape index (κ3) is 3.24. The fourth-order valence-corrected chi connectivity index (χ4v) is 2.13. The van der Waals surface area contributed by atoms with Gasteiger partial charge in [-0.1, -0.05) is 5.16 Å². The van der Waals surface area contributed by atoms with E-state index in [4.69, 9.17) is 10.3 Å². The second kappa shape index (κ2) is 5.57. The molecule has 0 amide bonds. The van der Waals surface area contributed by atoms with Crippen molar-refractivity contribution in [3.8, 4) is 0 Å². The molecule has 1 aromatic rings. The van der Waals surface area contributed by atoms with Crippen LogP contribution in [0, 0.1) is 0 Å². The average molecular weight is 239 g/mol. The van der Waals surface area contributed by atoms with E-state index in [1.165, 1.54) is 0 Å². The van der Waals surface area contributed by atoms with Crippen LogP contribution in [0.5, 0.6) is 0 Å². The molecular formula is C11H21N5O. The molecule has 1 atom stereocenters. The molecule has 1 aromatic heterocycles. The maximum atomic E-state index is 5.45. The summed E-state index contributed by atoms with van der Waals surface area (Å²) in [5.41, 5.74) is 5.45. The molecule has 1 aliphatic heterocycles. The fourth-order valence-electron chi connectivity index (χ4n) is 2.13. The van der Waals surface area contributed by atoms with Crippen LogP contribution in [0.3, 0.4) is 0 Å². The number of piperazine rings is 1. The molecule has 2 N–H and O–H groups in total. The fraction of sp³-hybridized carbons (Fsp3) is 0.818. The van der Waals surface area contributed by atoms with Crippen LogP contribution in [0.2, 0.25) is 0 Å². The Morgan fingerprint density at radius 3 is 3.00 bits per heavy atom. The SMILES string of the molecule is CN1CCN(C)C(Cc2noc(CCN)n2)C1. The Kier molecular flexibility index (Phi) is 4.09. The predicted molar refractivity (Wildman–Crippen MR) is 64.7 cm³/mol. The number of aromatic nitrogens is 2. The first-order chi connectivity index (χ1) is 8.19. The molecule has 6 heteroatoms. The molecule has 0 bridgehead atoms. The molecule has 0 radical (unpaired) electrons. The molecule has 2 rings (SSSR count). The lowest BCUT2D eigenvalue weighted by Gasteiger charge is -2.37. The first-order valence-corrected chi connectivity index (χ1v) is 6.09. The molecule has 2 heterocycles. The minimum absolute atomic E-state index is 0.470. The number of hydrogen-bond donors (Lipinski definition) is 1. The highest BCUT2D eigenvalue weighted by Crippen LogP contribution is 2.10. The minimum atomic E-state index is 0.470. The van der Waals surface area contributed by atoms with E-state index in [1.807, 2.05) is 0 Å². The molecule has 1 saturated heterocycles. The monoisotopic (exact) mass is 239 g/mol. The Morgan fingerprint density at radius 2 is 2.24 bits per heavy atom. The Morgan fingerprint density at radius 1 is 1.41 bits per heavy atom. The quantitative estimate of drug-likeness (QED) is 0.753. The highest BCUT2D eigenvalue weighted by Gasteiger charge is 2.24. The molecule has 17 heavy (non-hydrogen) atoms. The van der Waals surface area contributed by atoms with Crippen molar-refractivity contribution in [2.75, 3.05) is 40.3 Å². The summed E-state index contributed by atoms with van der Waals surface area (Å²) in [6, 6.07) is 0.470. The molecule has 6 nitrogen and oxygen atoms in total. The third-order valence-electron chi connectivity index (χ3n) is 3.27. The van der Waals surface area contributed by atoms with Gasteiger partial charge in [0.25, 0.3) is 0 Å². The molecule has 0 saturated carbocycles. The van der Waals surface area contributed by atoms with Crippen LogP contribution in [0.4, 0.5) is 0 Å². The van der Waals surface area contributed by atoms with Gasteiger partial charge in [-0.2, -0.15) is 4.98 Å². The third-order valence-corrected chi connectivity index (χ3v) is 3.27. The molecule has 1 unspecified atom stereocenters. The van der Waals surface area contributed by atoms with Crippen LogP contribution < -0.4 is 5.73 Å². The summed E-state index contributed by atoms with van der Waals surface area (Å²) in [5, 5.41) is 4.00. The molecular weight excluding hydrogens is 218 g/mol. The van der Waals surface area contributed by atoms with Gasteiger partial charge in [-0.3, -0.25) is 0 Å². The normalized spacial score (nSPS) is 23.1. The average Bonchev–Trinajstić information content (AvgIpc) is 2.72. The van der Waals surface area contributed by atoms with Crippen molar-refractivity contribution in [1.29, 1.82) is 0 Å². The zero-order chi connectivity index (χ0) is 12.3. The van der Waals surface area contributed by atoms with Gasteiger partial charge in [0.1, 0.15) is 0 Å². The van der Waals surface area contributed by atoms with Gasteiger partial charge in [-0.05, 0) is 14.1 Å². The summed E-state index contributed by atoms with van der Waals surface area (Å²) < 4.78 is 5.14. The van der Waals surface area contributed by atoms with Crippen LogP contribution in [0.15, 0.2) is 4.52 Å². The summed E-state index contributed by atoms with van der Waals surface area (Å²) >= 11 is 0. The zero-order valence-electron chi connectivity index (χ0n) is 10.6. The highest BCUT2D eigenvalue weighted by atomic mass is 16.5. The predicted octanol–water partition coefficient (Wildman–Crippen LogP) is -0.641. The van der Waals surface area contributed by atoms with Crippen molar-refractivity contribution >= 4 is 0 Å². The van der Waals surface area contributed by atoms with E-state index in [2.05, 4.69) is 34.0 Å². The lowest BCUT2D eigenvalue weighted by Crippen LogP contribution is -2.50. The topological polar surface area (TPSA) is 71.4 Å². The highest BCUT2D eigenvalue weighted by molar-refractivity contribution is 4.93. The Balaban J connectivity index is 1.94. The lowest BCUT2D eigenvalue weighted by atomic mass is 10.1. The van der Waals surface area contributed by atoms with E-state index in [-0.39, 0.29) is 0 Å². The molecule has 0 aromatic carbocycles. The summed E-state index contributed by atoms with van der Waals surface area (Å²) in [6.07, 6.45) is 1.50. The largest absolute Gasteiger partial charge is 0.339 e. The molecule has 1 aliphatic rings. The molecule has 1 fully saturated rings. The van der Waals surface area contributed by atoms with Crippen molar-refractivity contribution in [3.63, 3.8) is 0 Å². The van der Waals surface area contributed by atoms with E-state index in [0.29, 0.717) is 24.9 Å². The molecule has 0 spiro atoms. The lowest BCUT2D eigenvalue weighted by molar-refractivity contribution is 0.113. The van der Waals surface area contributed by atoms with E-state index in [1.54, 1.807) is 0 Å². The first kappa shape index (κ1) is 12.5. The van der Waals surface area contributed by atoms with Crippen LogP contribution in [-0.4, -0.2) is 66.3 Å². The first-order valence-electron chi connectivity index (χ1n) is 6.09. The Hall–Kier alpha value is -0.980. The van der Waals surface area contributed by atoms with Crippen LogP contribution in [0.25, 0.3) is 0 Å². The van der Waals surface area contributed by atoms with Crippen LogP contribution in [-0.2, 0) is 12.8 Å². The van der Waals surface area contributed by atoms with Crippen LogP contribution >= 0.6 is 0 Å². The van der Waals surface area contributed by atoms with Gasteiger partial charge in [-0.15, -0.1) is 0 Å². The summed E-state index contributed by atoms with van der Waals surface area (Å²) in [7, 11) is 4.30. The number of rotatable bonds is 4. The van der Waals surface area contributed by atoms with E-state index in [9.17, 15) is 0 Å². The van der Waals surface area contributed by atoms with Crippen molar-refractivity contribution in [1.82, 2.24) is 19.9 Å². The van der Waals surface area contributed by atoms with Gasteiger partial charge in [0, 0.05) is 45.1 Å². The van der Waals surface area contributed by atoms with Gasteiger partial charge in [0.15, 0.2) is 5.82 Å². The van der Waals surface area contributed by atoms with E-state index >= 15 is 0 Å². The van der Waals surface area contributed by atoms with Gasteiger partial charge in [0.05, 0.1) is 0 Å². The standard InChI is InChI=1S/C11H21N5O/c1-15-5-6-16(2)9(8-15)7-10-13-11(3-4-12)17-14-10/h9H,3-8,12H2,1-2H3. The van der Waals surface area contributed by atoms with Crippen molar-refractivity contribution in [3.05, 3.63) is 11.7 Å². The van der Waals surface area contributed by atoms with E-state index in [0.717, 1.165) is 31.9 Å². The number of likely N-dealkylation sites (N-methyl/N-ethyl adjacent to an activating group) is 2. The zero-order valence-corrected chi connectivity index (χ0v) is 10.6. The maximum absolute atomic E-state index is 5.45. The summed E-state index contributed by atoms with van der Waals surface area (Å²) in [4.78, 5) is 9.05. The van der Waals surface area contributed by atoms with Crippen molar-refractivity contribution in [2.24, 2.45) is 5.73 Å². The van der Waals surface area contributed by atoms with Gasteiger partial charge in [-0.25, -0.2) is 0 Å². The van der Waals surface area contributed by atoms with E-state index < -0.39 is 0 Å². The number of nitrogens with two attached hydrogens (primary N) is 1. The smallest absolute Gasteiger partial charge is 0.227 e. The van der Waals surface area contributed by atoms with Crippen molar-refractivity contribution < 1.29 is 4.52 Å². The summed E-state index contributed by atoms with van der Waals surface area (Å²) in [5.74, 6) is 1.44. The Bertz CT molecular complexity index is 353. The second-order valence-corrected chi connectivity index (χ2v) is 4.74. The number of hydrogen-bond acceptors (Lipinski definition) is 6. The minimum Gasteiger partial charge on any atom is -0.339 e. The summed E-state index contributed by atoms with van der Waals surface area (Å²) in [6.45, 7) is 3.82. The van der Waals surface area contributed by atoms with Crippen molar-refractivity contribution in [2.45, 2.75) is 18.9 Å². The van der Waals surface area contributed by atoms with Gasteiger partial charge < -0.3 is 20.1 Å². The Labute approximate surface area is 102 Å². The molecule has 96 valence electrons. The maximum Gasteiger partial charge on any atom is 0.227 e. The van der Waals surface area contributed by atoms with Gasteiger partial charge >= 0.3 is 0 Å². The molecule has 0 aliphatic carbocycles. The second-order valence-electron chi connectivity index (χ2n) is 4.74. The number of nitrogens with zero attached hydrogens (tertiary/aromatic N) is 4. The van der Waals surface area contributed by atoms with Gasteiger partial charge in [0.2, 0.25) is 5.89 Å².